The first kappa shape index (κ1) is 29.8. The van der Waals surface area contributed by atoms with Crippen LogP contribution in [0, 0.1) is 12.7 Å². The number of carbonyl (C=O) groups is 2. The van der Waals surface area contributed by atoms with Gasteiger partial charge in [-0.2, -0.15) is 0 Å². The number of benzene rings is 3. The molecular weight excluding hydrogens is 517 g/mol. The van der Waals surface area contributed by atoms with E-state index in [2.05, 4.69) is 5.32 Å². The molecule has 0 spiro atoms. The molecule has 1 N–H and O–H groups in total. The van der Waals surface area contributed by atoms with E-state index in [1.807, 2.05) is 51.1 Å². The summed E-state index contributed by atoms with van der Waals surface area (Å²) in [7, 11) is -4.23. The van der Waals surface area contributed by atoms with Gasteiger partial charge in [-0.15, -0.1) is 0 Å². The molecule has 0 bridgehead atoms. The minimum atomic E-state index is -4.23. The number of nitrogens with one attached hydrogen (secondary N) is 1. The predicted octanol–water partition coefficient (Wildman–Crippen LogP) is 4.71. The van der Waals surface area contributed by atoms with Crippen molar-refractivity contribution in [2.45, 2.75) is 51.0 Å². The van der Waals surface area contributed by atoms with Crippen LogP contribution in [0.25, 0.3) is 0 Å². The Hall–Kier alpha value is -3.72. The molecule has 7 nitrogen and oxygen atoms in total. The lowest BCUT2D eigenvalue weighted by atomic mass is 10.1. The fourth-order valence-electron chi connectivity index (χ4n) is 4.24. The van der Waals surface area contributed by atoms with Gasteiger partial charge in [-0.3, -0.25) is 13.9 Å². The number of hydrogen-bond acceptors (Lipinski definition) is 4. The van der Waals surface area contributed by atoms with Crippen molar-refractivity contribution in [2.75, 3.05) is 23.9 Å². The zero-order valence-electron chi connectivity index (χ0n) is 22.6. The highest BCUT2D eigenvalue weighted by Crippen LogP contribution is 2.25. The normalized spacial score (nSPS) is 12.0. The molecule has 1 atom stereocenters. The standard InChI is InChI=1S/C30H36FN3O4S/c1-4-20-32-30(36)28(5-2)33(21-19-24-9-7-6-8-10-24)29(35)22-34(26-15-11-23(3)12-16-26)39(37,38)27-17-13-25(31)14-18-27/h6-18,28H,4-5,19-22H2,1-3H3,(H,32,36)/t28-/m1/s1. The molecule has 2 amide bonds. The van der Waals surface area contributed by atoms with Crippen LogP contribution in [0.4, 0.5) is 10.1 Å². The Balaban J connectivity index is 1.99. The van der Waals surface area contributed by atoms with Crippen LogP contribution >= 0.6 is 0 Å². The summed E-state index contributed by atoms with van der Waals surface area (Å²) in [5, 5.41) is 2.87. The topological polar surface area (TPSA) is 86.8 Å². The third-order valence-corrected chi connectivity index (χ3v) is 8.21. The Kier molecular flexibility index (Phi) is 10.6. The molecule has 0 unspecified atom stereocenters. The van der Waals surface area contributed by atoms with Crippen molar-refractivity contribution >= 4 is 27.5 Å². The Morgan fingerprint density at radius 2 is 1.56 bits per heavy atom. The number of amides is 2. The van der Waals surface area contributed by atoms with Crippen molar-refractivity contribution in [1.82, 2.24) is 10.2 Å². The van der Waals surface area contributed by atoms with Crippen LogP contribution in [0.2, 0.25) is 0 Å². The lowest BCUT2D eigenvalue weighted by molar-refractivity contribution is -0.139. The van der Waals surface area contributed by atoms with Crippen LogP contribution in [0.15, 0.2) is 83.8 Å². The van der Waals surface area contributed by atoms with Gasteiger partial charge >= 0.3 is 0 Å². The minimum Gasteiger partial charge on any atom is -0.354 e. The van der Waals surface area contributed by atoms with Gasteiger partial charge in [-0.05, 0) is 68.1 Å². The quantitative estimate of drug-likeness (QED) is 0.332. The number of nitrogens with zero attached hydrogens (tertiary/aromatic N) is 2. The van der Waals surface area contributed by atoms with Crippen LogP contribution in [0.1, 0.15) is 37.8 Å². The first-order chi connectivity index (χ1) is 18.7. The zero-order valence-corrected chi connectivity index (χ0v) is 23.5. The highest BCUT2D eigenvalue weighted by Gasteiger charge is 2.33. The van der Waals surface area contributed by atoms with Gasteiger partial charge in [-0.25, -0.2) is 12.8 Å². The number of anilines is 1. The Labute approximate surface area is 230 Å². The molecule has 0 aliphatic rings. The Morgan fingerprint density at radius 1 is 0.923 bits per heavy atom. The second-order valence-corrected chi connectivity index (χ2v) is 11.2. The van der Waals surface area contributed by atoms with E-state index in [4.69, 9.17) is 0 Å². The number of rotatable bonds is 13. The minimum absolute atomic E-state index is 0.138. The van der Waals surface area contributed by atoms with Gasteiger partial charge in [0.15, 0.2) is 0 Å². The summed E-state index contributed by atoms with van der Waals surface area (Å²) in [5.41, 5.74) is 2.21. The van der Waals surface area contributed by atoms with E-state index >= 15 is 0 Å². The number of sulfonamides is 1. The van der Waals surface area contributed by atoms with E-state index < -0.39 is 34.3 Å². The third kappa shape index (κ3) is 7.89. The molecule has 3 aromatic rings. The zero-order chi connectivity index (χ0) is 28.4. The van der Waals surface area contributed by atoms with Crippen LogP contribution in [0.5, 0.6) is 0 Å². The number of aryl methyl sites for hydroxylation is 1. The van der Waals surface area contributed by atoms with Gasteiger partial charge in [0.2, 0.25) is 11.8 Å². The van der Waals surface area contributed by atoms with E-state index in [1.54, 1.807) is 24.3 Å². The fraction of sp³-hybridized carbons (Fsp3) is 0.333. The predicted molar refractivity (Wildman–Crippen MR) is 151 cm³/mol. The molecule has 0 aliphatic heterocycles. The van der Waals surface area contributed by atoms with Crippen molar-refractivity contribution in [3.05, 3.63) is 95.8 Å². The molecule has 0 saturated heterocycles. The van der Waals surface area contributed by atoms with Crippen molar-refractivity contribution in [3.8, 4) is 0 Å². The Bertz CT molecular complexity index is 1330. The monoisotopic (exact) mass is 553 g/mol. The first-order valence-corrected chi connectivity index (χ1v) is 14.6. The van der Waals surface area contributed by atoms with Crippen molar-refractivity contribution in [3.63, 3.8) is 0 Å². The maximum absolute atomic E-state index is 13.9. The van der Waals surface area contributed by atoms with E-state index in [9.17, 15) is 22.4 Å². The van der Waals surface area contributed by atoms with Gasteiger partial charge in [0.1, 0.15) is 18.4 Å². The lowest BCUT2D eigenvalue weighted by Crippen LogP contribution is -2.53. The molecule has 0 aromatic heterocycles. The molecule has 0 saturated carbocycles. The molecular formula is C30H36FN3O4S. The second-order valence-electron chi connectivity index (χ2n) is 9.34. The third-order valence-electron chi connectivity index (χ3n) is 6.42. The van der Waals surface area contributed by atoms with E-state index in [1.165, 1.54) is 17.0 Å². The van der Waals surface area contributed by atoms with E-state index in [0.717, 1.165) is 34.0 Å². The molecule has 3 rings (SSSR count). The van der Waals surface area contributed by atoms with E-state index in [0.29, 0.717) is 25.1 Å². The van der Waals surface area contributed by atoms with Gasteiger partial charge in [0.05, 0.1) is 10.6 Å². The molecule has 39 heavy (non-hydrogen) atoms. The summed E-state index contributed by atoms with van der Waals surface area (Å²) in [5.74, 6) is -1.34. The lowest BCUT2D eigenvalue weighted by Gasteiger charge is -2.33. The largest absolute Gasteiger partial charge is 0.354 e. The van der Waals surface area contributed by atoms with Crippen molar-refractivity contribution in [1.29, 1.82) is 0 Å². The van der Waals surface area contributed by atoms with Crippen molar-refractivity contribution in [2.24, 2.45) is 0 Å². The summed E-state index contributed by atoms with van der Waals surface area (Å²) in [4.78, 5) is 28.3. The Morgan fingerprint density at radius 3 is 2.15 bits per heavy atom. The maximum Gasteiger partial charge on any atom is 0.264 e. The van der Waals surface area contributed by atoms with Crippen molar-refractivity contribution < 1.29 is 22.4 Å². The fourth-order valence-corrected chi connectivity index (χ4v) is 5.65. The highest BCUT2D eigenvalue weighted by molar-refractivity contribution is 7.92. The molecule has 3 aromatic carbocycles. The highest BCUT2D eigenvalue weighted by atomic mass is 32.2. The van der Waals surface area contributed by atoms with Gasteiger partial charge < -0.3 is 10.2 Å². The molecule has 9 heteroatoms. The molecule has 0 fully saturated rings. The number of hydrogen-bond donors (Lipinski definition) is 1. The summed E-state index contributed by atoms with van der Waals surface area (Å²) in [6, 6.07) is 20.1. The summed E-state index contributed by atoms with van der Waals surface area (Å²) >= 11 is 0. The average molecular weight is 554 g/mol. The summed E-state index contributed by atoms with van der Waals surface area (Å²) < 4.78 is 42.1. The van der Waals surface area contributed by atoms with Crippen LogP contribution < -0.4 is 9.62 Å². The first-order valence-electron chi connectivity index (χ1n) is 13.1. The van der Waals surface area contributed by atoms with E-state index in [-0.39, 0.29) is 17.3 Å². The van der Waals surface area contributed by atoms with Gasteiger partial charge in [0, 0.05) is 13.1 Å². The molecule has 208 valence electrons. The van der Waals surface area contributed by atoms with Crippen LogP contribution in [0.3, 0.4) is 0 Å². The van der Waals surface area contributed by atoms with Crippen LogP contribution in [-0.4, -0.2) is 50.8 Å². The summed E-state index contributed by atoms with van der Waals surface area (Å²) in [6.07, 6.45) is 1.61. The average Bonchev–Trinajstić information content (AvgIpc) is 2.93. The smallest absolute Gasteiger partial charge is 0.264 e. The number of halogens is 1. The second kappa shape index (κ2) is 13.9. The number of carbonyl (C=O) groups excluding carboxylic acids is 2. The summed E-state index contributed by atoms with van der Waals surface area (Å²) in [6.45, 7) is 5.84. The van der Waals surface area contributed by atoms with Gasteiger partial charge in [-0.1, -0.05) is 61.9 Å². The van der Waals surface area contributed by atoms with Crippen LogP contribution in [-0.2, 0) is 26.0 Å². The molecule has 0 aliphatic carbocycles. The molecule has 0 radical (unpaired) electrons. The molecule has 0 heterocycles. The van der Waals surface area contributed by atoms with Gasteiger partial charge in [0.25, 0.3) is 10.0 Å². The SMILES string of the molecule is CCCNC(=O)[C@@H](CC)N(CCc1ccccc1)C(=O)CN(c1ccc(C)cc1)S(=O)(=O)c1ccc(F)cc1. The maximum atomic E-state index is 13.9.